The normalized spacial score (nSPS) is 11.8. The van der Waals surface area contributed by atoms with Gasteiger partial charge in [0.1, 0.15) is 5.71 Å². The fourth-order valence-electron chi connectivity index (χ4n) is 3.01. The van der Waals surface area contributed by atoms with Gasteiger partial charge in [-0.1, -0.05) is 53.5 Å². The average Bonchev–Trinajstić information content (AvgIpc) is 2.80. The Balaban J connectivity index is 1.93. The van der Waals surface area contributed by atoms with E-state index < -0.39 is 17.8 Å². The lowest BCUT2D eigenvalue weighted by molar-refractivity contribution is -0.0583. The van der Waals surface area contributed by atoms with Gasteiger partial charge in [0, 0.05) is 16.3 Å². The van der Waals surface area contributed by atoms with Crippen LogP contribution in [0, 0.1) is 12.3 Å². The standard InChI is InChI=1S/C24H19Cl2F3N4O/c1-14-6-11-17(25)12-21(14)33(31)23(34)16-9-7-15(8-10-16)20(13-22(30)24(27,28)29)32-19-5-3-2-4-18(19)26/h2-13,30,32H,31H2,1H3/b20-13-,30-22?. The van der Waals surface area contributed by atoms with E-state index in [-0.39, 0.29) is 16.3 Å². The van der Waals surface area contributed by atoms with Crippen LogP contribution >= 0.6 is 23.2 Å². The summed E-state index contributed by atoms with van der Waals surface area (Å²) in [5.74, 6) is 5.47. The molecule has 0 aliphatic carbocycles. The molecule has 0 atom stereocenters. The maximum atomic E-state index is 13.0. The van der Waals surface area contributed by atoms with E-state index in [1.807, 2.05) is 0 Å². The van der Waals surface area contributed by atoms with Gasteiger partial charge in [-0.25, -0.2) is 10.9 Å². The molecule has 10 heteroatoms. The molecule has 0 fully saturated rings. The van der Waals surface area contributed by atoms with Crippen LogP contribution in [0.5, 0.6) is 0 Å². The topological polar surface area (TPSA) is 82.2 Å². The number of hydrazine groups is 1. The molecule has 3 rings (SSSR count). The molecule has 0 heterocycles. The first-order valence-corrected chi connectivity index (χ1v) is 10.6. The number of para-hydroxylation sites is 1. The average molecular weight is 507 g/mol. The predicted octanol–water partition coefficient (Wildman–Crippen LogP) is 6.86. The van der Waals surface area contributed by atoms with Gasteiger partial charge in [-0.2, -0.15) is 13.2 Å². The van der Waals surface area contributed by atoms with Gasteiger partial charge in [0.25, 0.3) is 5.91 Å². The van der Waals surface area contributed by atoms with Crippen LogP contribution in [-0.4, -0.2) is 17.8 Å². The fourth-order valence-corrected chi connectivity index (χ4v) is 3.36. The second kappa shape index (κ2) is 10.3. The second-order valence-electron chi connectivity index (χ2n) is 7.26. The van der Waals surface area contributed by atoms with Gasteiger partial charge in [0.05, 0.1) is 16.4 Å². The number of benzene rings is 3. The number of nitrogens with two attached hydrogens (primary N) is 1. The van der Waals surface area contributed by atoms with E-state index in [1.54, 1.807) is 49.4 Å². The van der Waals surface area contributed by atoms with E-state index in [0.29, 0.717) is 28.0 Å². The lowest BCUT2D eigenvalue weighted by atomic mass is 10.1. The van der Waals surface area contributed by atoms with Gasteiger partial charge in [0.15, 0.2) is 0 Å². The van der Waals surface area contributed by atoms with Crippen molar-refractivity contribution in [2.24, 2.45) is 5.84 Å². The molecule has 0 unspecified atom stereocenters. The number of halogens is 5. The highest BCUT2D eigenvalue weighted by Gasteiger charge is 2.33. The van der Waals surface area contributed by atoms with Gasteiger partial charge >= 0.3 is 6.18 Å². The number of hydrogen-bond donors (Lipinski definition) is 3. The fraction of sp³-hybridized carbons (Fsp3) is 0.0833. The van der Waals surface area contributed by atoms with Crippen LogP contribution in [-0.2, 0) is 0 Å². The summed E-state index contributed by atoms with van der Waals surface area (Å²) in [4.78, 5) is 12.9. The number of rotatable bonds is 6. The van der Waals surface area contributed by atoms with Gasteiger partial charge in [-0.05, 0) is 60.5 Å². The van der Waals surface area contributed by atoms with Crippen molar-refractivity contribution in [1.29, 1.82) is 5.41 Å². The summed E-state index contributed by atoms with van der Waals surface area (Å²) in [6, 6.07) is 17.2. The number of amides is 1. The Bertz CT molecular complexity index is 1260. The number of aryl methyl sites for hydroxylation is 1. The molecule has 0 aliphatic rings. The zero-order chi connectivity index (χ0) is 25.0. The minimum absolute atomic E-state index is 0.0234. The number of hydrogen-bond acceptors (Lipinski definition) is 4. The van der Waals surface area contributed by atoms with Crippen LogP contribution in [0.3, 0.4) is 0 Å². The highest BCUT2D eigenvalue weighted by Crippen LogP contribution is 2.28. The van der Waals surface area contributed by atoms with E-state index in [9.17, 15) is 18.0 Å². The molecule has 0 spiro atoms. The highest BCUT2D eigenvalue weighted by molar-refractivity contribution is 6.33. The third-order valence-corrected chi connectivity index (χ3v) is 5.39. The SMILES string of the molecule is Cc1ccc(Cl)cc1N(N)C(=O)c1ccc(/C(=C/C(=N)C(F)(F)F)Nc2ccccc2Cl)cc1. The number of alkyl halides is 3. The molecule has 1 amide bonds. The molecule has 0 bridgehead atoms. The smallest absolute Gasteiger partial charge is 0.354 e. The zero-order valence-electron chi connectivity index (χ0n) is 17.8. The first-order chi connectivity index (χ1) is 16.0. The number of carbonyl (C=O) groups is 1. The Labute approximate surface area is 204 Å². The molecule has 3 aromatic rings. The quantitative estimate of drug-likeness (QED) is 0.148. The van der Waals surface area contributed by atoms with E-state index in [0.717, 1.165) is 10.6 Å². The summed E-state index contributed by atoms with van der Waals surface area (Å²) in [7, 11) is 0. The third kappa shape index (κ3) is 5.96. The van der Waals surface area contributed by atoms with E-state index >= 15 is 0 Å². The first-order valence-electron chi connectivity index (χ1n) is 9.82. The molecule has 176 valence electrons. The number of allylic oxidation sites excluding steroid dienone is 1. The summed E-state index contributed by atoms with van der Waals surface area (Å²) in [5, 5.41) is 11.9. The van der Waals surface area contributed by atoms with Crippen molar-refractivity contribution in [2.45, 2.75) is 13.1 Å². The van der Waals surface area contributed by atoms with Crippen molar-refractivity contribution >= 4 is 51.9 Å². The second-order valence-corrected chi connectivity index (χ2v) is 8.10. The minimum atomic E-state index is -4.84. The van der Waals surface area contributed by atoms with Crippen molar-refractivity contribution in [1.82, 2.24) is 0 Å². The Morgan fingerprint density at radius 1 is 1.03 bits per heavy atom. The Morgan fingerprint density at radius 3 is 2.26 bits per heavy atom. The molecule has 0 aliphatic heterocycles. The first kappa shape index (κ1) is 25.3. The maximum Gasteiger partial charge on any atom is 0.432 e. The van der Waals surface area contributed by atoms with Gasteiger partial charge in [-0.3, -0.25) is 10.2 Å². The largest absolute Gasteiger partial charge is 0.432 e. The lowest BCUT2D eigenvalue weighted by Gasteiger charge is -2.20. The van der Waals surface area contributed by atoms with Crippen LogP contribution in [0.1, 0.15) is 21.5 Å². The van der Waals surface area contributed by atoms with E-state index in [2.05, 4.69) is 5.32 Å². The molecule has 0 aromatic heterocycles. The summed E-state index contributed by atoms with van der Waals surface area (Å²) < 4.78 is 39.1. The van der Waals surface area contributed by atoms with Crippen molar-refractivity contribution in [2.75, 3.05) is 10.3 Å². The maximum absolute atomic E-state index is 13.0. The molecule has 0 radical (unpaired) electrons. The Kier molecular flexibility index (Phi) is 7.66. The lowest BCUT2D eigenvalue weighted by Crippen LogP contribution is -2.38. The van der Waals surface area contributed by atoms with Gasteiger partial charge in [0.2, 0.25) is 0 Å². The summed E-state index contributed by atoms with van der Waals surface area (Å²) >= 11 is 12.1. The summed E-state index contributed by atoms with van der Waals surface area (Å²) in [5.41, 5.74) is 0.436. The molecule has 4 N–H and O–H groups in total. The monoisotopic (exact) mass is 506 g/mol. The molecule has 34 heavy (non-hydrogen) atoms. The number of nitrogens with zero attached hydrogens (tertiary/aromatic N) is 1. The number of carbonyl (C=O) groups excluding carboxylic acids is 1. The predicted molar refractivity (Wildman–Crippen MR) is 130 cm³/mol. The van der Waals surface area contributed by atoms with Crippen molar-refractivity contribution in [3.05, 3.63) is 99.5 Å². The van der Waals surface area contributed by atoms with Crippen molar-refractivity contribution in [3.63, 3.8) is 0 Å². The summed E-state index contributed by atoms with van der Waals surface area (Å²) in [6.45, 7) is 1.77. The molecular formula is C24H19Cl2F3N4O. The van der Waals surface area contributed by atoms with Crippen LogP contribution in [0.2, 0.25) is 10.0 Å². The minimum Gasteiger partial charge on any atom is -0.354 e. The van der Waals surface area contributed by atoms with Gasteiger partial charge in [-0.15, -0.1) is 0 Å². The molecule has 3 aromatic carbocycles. The van der Waals surface area contributed by atoms with Crippen LogP contribution in [0.4, 0.5) is 24.5 Å². The van der Waals surface area contributed by atoms with Gasteiger partial charge < -0.3 is 5.32 Å². The van der Waals surface area contributed by atoms with E-state index in [4.69, 9.17) is 34.5 Å². The molecule has 0 saturated carbocycles. The molecule has 0 saturated heterocycles. The van der Waals surface area contributed by atoms with Crippen molar-refractivity contribution in [3.8, 4) is 0 Å². The van der Waals surface area contributed by atoms with E-state index in [1.165, 1.54) is 24.3 Å². The number of anilines is 2. The van der Waals surface area contributed by atoms with Crippen LogP contribution < -0.4 is 16.2 Å². The van der Waals surface area contributed by atoms with Crippen LogP contribution in [0.15, 0.2) is 72.8 Å². The van der Waals surface area contributed by atoms with Crippen LogP contribution in [0.25, 0.3) is 5.70 Å². The third-order valence-electron chi connectivity index (χ3n) is 4.83. The number of nitrogens with one attached hydrogen (secondary N) is 2. The Morgan fingerprint density at radius 2 is 1.65 bits per heavy atom. The Hall–Kier alpha value is -3.33. The highest BCUT2D eigenvalue weighted by atomic mass is 35.5. The molecule has 5 nitrogen and oxygen atoms in total. The summed E-state index contributed by atoms with van der Waals surface area (Å²) in [6.07, 6.45) is -4.18. The van der Waals surface area contributed by atoms with Crippen molar-refractivity contribution < 1.29 is 18.0 Å². The molecular weight excluding hydrogens is 488 g/mol. The zero-order valence-corrected chi connectivity index (χ0v) is 19.3.